The molecule has 158 valence electrons. The van der Waals surface area contributed by atoms with E-state index in [4.69, 9.17) is 19.5 Å². The molecule has 0 aliphatic heterocycles. The van der Waals surface area contributed by atoms with E-state index in [1.54, 1.807) is 31.4 Å². The number of nitrogens with zero attached hydrogens (tertiary/aromatic N) is 2. The van der Waals surface area contributed by atoms with Gasteiger partial charge in [0.15, 0.2) is 6.61 Å². The third kappa shape index (κ3) is 7.43. The van der Waals surface area contributed by atoms with Gasteiger partial charge < -0.3 is 19.1 Å². The number of carbonyl (C=O) groups excluding carboxylic acids is 2. The Hall–Kier alpha value is -3.60. The van der Waals surface area contributed by atoms with Crippen molar-refractivity contribution in [3.05, 3.63) is 54.3 Å². The van der Waals surface area contributed by atoms with Gasteiger partial charge in [-0.1, -0.05) is 0 Å². The maximum Gasteiger partial charge on any atom is 0.306 e. The highest BCUT2D eigenvalue weighted by atomic mass is 19.1. The molecular formula is C22H23FN2O5. The molecule has 0 bridgehead atoms. The van der Waals surface area contributed by atoms with Crippen molar-refractivity contribution in [3.8, 4) is 17.6 Å². The van der Waals surface area contributed by atoms with Crippen molar-refractivity contribution in [2.75, 3.05) is 31.8 Å². The van der Waals surface area contributed by atoms with E-state index in [9.17, 15) is 14.0 Å². The summed E-state index contributed by atoms with van der Waals surface area (Å²) in [7, 11) is 1.58. The van der Waals surface area contributed by atoms with Crippen LogP contribution in [-0.2, 0) is 14.3 Å². The number of amides is 1. The predicted octanol–water partition coefficient (Wildman–Crippen LogP) is 3.48. The molecule has 0 aliphatic carbocycles. The first-order valence-corrected chi connectivity index (χ1v) is 9.39. The van der Waals surface area contributed by atoms with Gasteiger partial charge in [0.1, 0.15) is 17.3 Å². The highest BCUT2D eigenvalue weighted by molar-refractivity contribution is 5.95. The molecule has 7 nitrogen and oxygen atoms in total. The van der Waals surface area contributed by atoms with Crippen molar-refractivity contribution in [2.45, 2.75) is 19.3 Å². The fraction of sp³-hybridized carbons (Fsp3) is 0.318. The first kappa shape index (κ1) is 22.7. The first-order valence-electron chi connectivity index (χ1n) is 9.39. The standard InChI is InChI=1S/C22H23FN2O5/c1-28-19-9-11-20(12-10-19)29-15-2-4-22(27)30-16-21(26)25(14-3-13-24)18-7-5-17(23)6-8-18/h5-12H,2-4,14-16H2,1H3. The number of carbonyl (C=O) groups is 2. The van der Waals surface area contributed by atoms with Gasteiger partial charge in [-0.2, -0.15) is 5.26 Å². The summed E-state index contributed by atoms with van der Waals surface area (Å²) in [6, 6.07) is 14.3. The SMILES string of the molecule is COc1ccc(OCCCC(=O)OCC(=O)N(CCC#N)c2ccc(F)cc2)cc1. The van der Waals surface area contributed by atoms with Crippen molar-refractivity contribution < 1.29 is 28.2 Å². The van der Waals surface area contributed by atoms with Crippen LogP contribution in [0.25, 0.3) is 0 Å². The second kappa shape index (κ2) is 12.1. The molecule has 0 atom stereocenters. The van der Waals surface area contributed by atoms with Crippen molar-refractivity contribution in [2.24, 2.45) is 0 Å². The maximum absolute atomic E-state index is 13.1. The number of methoxy groups -OCH3 is 1. The van der Waals surface area contributed by atoms with Crippen molar-refractivity contribution >= 4 is 17.6 Å². The lowest BCUT2D eigenvalue weighted by Gasteiger charge is -2.21. The fourth-order valence-corrected chi connectivity index (χ4v) is 2.55. The highest BCUT2D eigenvalue weighted by Gasteiger charge is 2.17. The molecule has 0 unspecified atom stereocenters. The van der Waals surface area contributed by atoms with Gasteiger partial charge >= 0.3 is 5.97 Å². The molecule has 0 heterocycles. The molecule has 2 aromatic rings. The maximum atomic E-state index is 13.1. The lowest BCUT2D eigenvalue weighted by molar-refractivity contribution is -0.148. The molecule has 0 radical (unpaired) electrons. The minimum absolute atomic E-state index is 0.0954. The molecule has 0 aromatic heterocycles. The summed E-state index contributed by atoms with van der Waals surface area (Å²) in [5.41, 5.74) is 0.431. The Kier molecular flexibility index (Phi) is 9.13. The number of rotatable bonds is 11. The molecule has 30 heavy (non-hydrogen) atoms. The Morgan fingerprint density at radius 3 is 2.37 bits per heavy atom. The minimum atomic E-state index is -0.527. The van der Waals surface area contributed by atoms with E-state index in [1.807, 2.05) is 6.07 Å². The van der Waals surface area contributed by atoms with Crippen LogP contribution in [0.3, 0.4) is 0 Å². The molecule has 0 spiro atoms. The molecular weight excluding hydrogens is 391 g/mol. The number of halogens is 1. The quantitative estimate of drug-likeness (QED) is 0.413. The molecule has 1 amide bonds. The van der Waals surface area contributed by atoms with E-state index in [-0.39, 0.29) is 19.4 Å². The largest absolute Gasteiger partial charge is 0.497 e. The molecule has 2 aromatic carbocycles. The summed E-state index contributed by atoms with van der Waals surface area (Å²) in [5, 5.41) is 8.78. The molecule has 0 saturated heterocycles. The van der Waals surface area contributed by atoms with Crippen LogP contribution in [0.15, 0.2) is 48.5 Å². The zero-order valence-electron chi connectivity index (χ0n) is 16.7. The Morgan fingerprint density at radius 2 is 1.73 bits per heavy atom. The highest BCUT2D eigenvalue weighted by Crippen LogP contribution is 2.18. The number of ether oxygens (including phenoxy) is 3. The zero-order chi connectivity index (χ0) is 21.8. The van der Waals surface area contributed by atoms with E-state index >= 15 is 0 Å². The van der Waals surface area contributed by atoms with Gasteiger partial charge in [0.25, 0.3) is 5.91 Å². The van der Waals surface area contributed by atoms with Crippen LogP contribution in [-0.4, -0.2) is 38.7 Å². The van der Waals surface area contributed by atoms with Crippen LogP contribution < -0.4 is 14.4 Å². The molecule has 0 fully saturated rings. The monoisotopic (exact) mass is 414 g/mol. The van der Waals surface area contributed by atoms with Gasteiger partial charge in [-0.25, -0.2) is 4.39 Å². The summed E-state index contributed by atoms with van der Waals surface area (Å²) >= 11 is 0. The Morgan fingerprint density at radius 1 is 1.07 bits per heavy atom. The third-order valence-corrected chi connectivity index (χ3v) is 4.10. The predicted molar refractivity (Wildman–Crippen MR) is 108 cm³/mol. The van der Waals surface area contributed by atoms with Gasteiger partial charge in [-0.3, -0.25) is 9.59 Å². The number of esters is 1. The second-order valence-corrected chi connectivity index (χ2v) is 6.22. The molecule has 0 N–H and O–H groups in total. The zero-order valence-corrected chi connectivity index (χ0v) is 16.7. The van der Waals surface area contributed by atoms with E-state index < -0.39 is 24.3 Å². The summed E-state index contributed by atoms with van der Waals surface area (Å²) in [6.45, 7) is -0.0194. The summed E-state index contributed by atoms with van der Waals surface area (Å²) < 4.78 is 28.7. The van der Waals surface area contributed by atoms with Crippen molar-refractivity contribution in [1.29, 1.82) is 5.26 Å². The molecule has 2 rings (SSSR count). The first-order chi connectivity index (χ1) is 14.5. The minimum Gasteiger partial charge on any atom is -0.497 e. The number of anilines is 1. The number of nitriles is 1. The Labute approximate surface area is 174 Å². The number of hydrogen-bond acceptors (Lipinski definition) is 6. The van der Waals surface area contributed by atoms with Crippen LogP contribution in [0.2, 0.25) is 0 Å². The van der Waals surface area contributed by atoms with E-state index in [0.29, 0.717) is 24.5 Å². The van der Waals surface area contributed by atoms with Crippen molar-refractivity contribution in [1.82, 2.24) is 0 Å². The number of hydrogen-bond donors (Lipinski definition) is 0. The van der Waals surface area contributed by atoms with E-state index in [1.165, 1.54) is 29.2 Å². The van der Waals surface area contributed by atoms with E-state index in [2.05, 4.69) is 0 Å². The number of benzene rings is 2. The smallest absolute Gasteiger partial charge is 0.306 e. The van der Waals surface area contributed by atoms with Crippen LogP contribution in [0.4, 0.5) is 10.1 Å². The average molecular weight is 414 g/mol. The van der Waals surface area contributed by atoms with E-state index in [0.717, 1.165) is 5.75 Å². The Balaban J connectivity index is 1.75. The summed E-state index contributed by atoms with van der Waals surface area (Å²) in [5.74, 6) is -0.0674. The van der Waals surface area contributed by atoms with Crippen LogP contribution in [0, 0.1) is 17.1 Å². The van der Waals surface area contributed by atoms with Gasteiger partial charge in [0.2, 0.25) is 0 Å². The summed E-state index contributed by atoms with van der Waals surface area (Å²) in [6.07, 6.45) is 0.618. The van der Waals surface area contributed by atoms with Crippen LogP contribution in [0.1, 0.15) is 19.3 Å². The topological polar surface area (TPSA) is 88.9 Å². The van der Waals surface area contributed by atoms with Gasteiger partial charge in [0, 0.05) is 18.7 Å². The van der Waals surface area contributed by atoms with Gasteiger partial charge in [-0.05, 0) is 55.0 Å². The van der Waals surface area contributed by atoms with Gasteiger partial charge in [-0.15, -0.1) is 0 Å². The third-order valence-electron chi connectivity index (χ3n) is 4.10. The fourth-order valence-electron chi connectivity index (χ4n) is 2.55. The lowest BCUT2D eigenvalue weighted by atomic mass is 10.2. The Bertz CT molecular complexity index is 863. The van der Waals surface area contributed by atoms with Crippen LogP contribution >= 0.6 is 0 Å². The molecule has 8 heteroatoms. The lowest BCUT2D eigenvalue weighted by Crippen LogP contribution is -2.35. The van der Waals surface area contributed by atoms with Gasteiger partial charge in [0.05, 0.1) is 26.2 Å². The van der Waals surface area contributed by atoms with Crippen LogP contribution in [0.5, 0.6) is 11.5 Å². The average Bonchev–Trinajstić information content (AvgIpc) is 2.77. The molecule has 0 saturated carbocycles. The van der Waals surface area contributed by atoms with Crippen molar-refractivity contribution in [3.63, 3.8) is 0 Å². The molecule has 0 aliphatic rings. The summed E-state index contributed by atoms with van der Waals surface area (Å²) in [4.78, 5) is 25.6. The second-order valence-electron chi connectivity index (χ2n) is 6.22. The normalized spacial score (nSPS) is 10.0.